The van der Waals surface area contributed by atoms with E-state index in [9.17, 15) is 18.7 Å². The van der Waals surface area contributed by atoms with Crippen LogP contribution in [0, 0.1) is 23.2 Å². The molecule has 0 saturated heterocycles. The van der Waals surface area contributed by atoms with Crippen LogP contribution in [0.5, 0.6) is 0 Å². The fourth-order valence-electron chi connectivity index (χ4n) is 8.14. The highest BCUT2D eigenvalue weighted by Gasteiger charge is 2.69. The third-order valence-corrected chi connectivity index (χ3v) is 14.8. The zero-order valence-corrected chi connectivity index (χ0v) is 24.0. The van der Waals surface area contributed by atoms with Crippen LogP contribution in [-0.2, 0) is 13.4 Å². The van der Waals surface area contributed by atoms with Crippen LogP contribution >= 0.6 is 10.3 Å². The van der Waals surface area contributed by atoms with E-state index in [0.717, 1.165) is 19.3 Å². The second-order valence-corrected chi connectivity index (χ2v) is 16.4. The third-order valence-electron chi connectivity index (χ3n) is 8.97. The third kappa shape index (κ3) is 5.04. The average Bonchev–Trinajstić information content (AvgIpc) is 2.91. The van der Waals surface area contributed by atoms with Crippen molar-refractivity contribution in [1.29, 1.82) is 0 Å². The molecule has 1 amide bonds. The number of hydrogen-bond acceptors (Lipinski definition) is 2. The number of nitrogens with one attached hydrogen (secondary N) is 1. The van der Waals surface area contributed by atoms with Gasteiger partial charge in [0.25, 0.3) is 0 Å². The Morgan fingerprint density at radius 1 is 0.805 bits per heavy atom. The quantitative estimate of drug-likeness (QED) is 0.138. The van der Waals surface area contributed by atoms with Crippen molar-refractivity contribution in [1.82, 2.24) is 5.32 Å². The van der Waals surface area contributed by atoms with E-state index in [1.165, 1.54) is 5.32 Å². The summed E-state index contributed by atoms with van der Waals surface area (Å²) in [5, 5.41) is 8.47. The summed E-state index contributed by atoms with van der Waals surface area (Å²) in [6.07, 6.45) is 1.87. The molecule has 4 aliphatic carbocycles. The minimum Gasteiger partial charge on any atom is -0.465 e. The van der Waals surface area contributed by atoms with E-state index in [1.807, 2.05) is 18.2 Å². The molecule has 4 aliphatic rings. The zero-order chi connectivity index (χ0) is 28.9. The molecule has 4 saturated carbocycles. The highest BCUT2D eigenvalue weighted by atomic mass is 32.3. The first-order valence-corrected chi connectivity index (χ1v) is 16.9. The number of alkyl halides is 2. The molecule has 2 unspecified atom stereocenters. The maximum atomic E-state index is 16.2. The van der Waals surface area contributed by atoms with Gasteiger partial charge in [-0.2, -0.15) is 8.78 Å². The molecule has 3 aromatic carbocycles. The van der Waals surface area contributed by atoms with Gasteiger partial charge in [-0.05, 0) is 92.7 Å². The molecule has 6 nitrogen and oxygen atoms in total. The van der Waals surface area contributed by atoms with Crippen molar-refractivity contribution in [2.45, 2.75) is 64.5 Å². The molecule has 0 heterocycles. The summed E-state index contributed by atoms with van der Waals surface area (Å²) >= 11 is 0. The molecule has 10 heteroatoms. The molecule has 3 aromatic rings. The Bertz CT molecular complexity index is 1400. The Balaban J connectivity index is 1.65. The summed E-state index contributed by atoms with van der Waals surface area (Å²) in [7, 11) is -7.91. The van der Waals surface area contributed by atoms with Crippen molar-refractivity contribution in [3.63, 3.8) is 0 Å². The summed E-state index contributed by atoms with van der Waals surface area (Å²) in [6, 6.07) is 22.6. The molecule has 0 radical (unpaired) electrons. The predicted molar refractivity (Wildman–Crippen MR) is 154 cm³/mol. The standard InChI is InChI=1S/C31H33F2NO5S2/c32-31(33,34-29(35)36)28(30-19-22-16-23(20-30)18-24(17-22)21-30)41(37,38)39-40(25-10-4-1-5-11-25,26-12-6-2-7-13-26)27-14-8-3-9-15-27/h1-15,22-24,28,34H,16-21H2,(H-,35,36,37,38)/p+1. The molecule has 41 heavy (non-hydrogen) atoms. The van der Waals surface area contributed by atoms with Gasteiger partial charge in [0.15, 0.2) is 10.3 Å². The monoisotopic (exact) mass is 602 g/mol. The molecule has 3 N–H and O–H groups in total. The van der Waals surface area contributed by atoms with E-state index >= 15 is 8.78 Å². The largest absolute Gasteiger partial charge is 0.465 e. The highest BCUT2D eigenvalue weighted by molar-refractivity contribution is 8.30. The zero-order valence-electron chi connectivity index (χ0n) is 22.4. The first-order valence-electron chi connectivity index (χ1n) is 13.9. The van der Waals surface area contributed by atoms with Gasteiger partial charge in [0, 0.05) is 5.41 Å². The lowest BCUT2D eigenvalue weighted by Gasteiger charge is -2.58. The van der Waals surface area contributed by atoms with Crippen LogP contribution in [0.15, 0.2) is 106 Å². The Morgan fingerprint density at radius 3 is 1.51 bits per heavy atom. The molecular formula is C31H34F2NO5S2+. The fourth-order valence-corrected chi connectivity index (χ4v) is 14.4. The van der Waals surface area contributed by atoms with E-state index in [-0.39, 0.29) is 17.8 Å². The normalized spacial score (nSPS) is 27.9. The summed E-state index contributed by atoms with van der Waals surface area (Å²) in [5.74, 6) is 0.525. The lowest BCUT2D eigenvalue weighted by Crippen LogP contribution is -2.64. The van der Waals surface area contributed by atoms with Crippen LogP contribution in [-0.4, -0.2) is 31.3 Å². The Labute approximate surface area is 240 Å². The van der Waals surface area contributed by atoms with Gasteiger partial charge in [0.1, 0.15) is 0 Å². The maximum absolute atomic E-state index is 16.2. The van der Waals surface area contributed by atoms with Crippen LogP contribution in [0.25, 0.3) is 0 Å². The van der Waals surface area contributed by atoms with E-state index in [4.69, 9.17) is 3.29 Å². The fraction of sp³-hybridized carbons (Fsp3) is 0.387. The van der Waals surface area contributed by atoms with E-state index in [2.05, 4.69) is 0 Å². The molecule has 4 bridgehead atoms. The van der Waals surface area contributed by atoms with Crippen molar-refractivity contribution in [3.8, 4) is 0 Å². The van der Waals surface area contributed by atoms with Crippen molar-refractivity contribution in [2.75, 3.05) is 0 Å². The van der Waals surface area contributed by atoms with Gasteiger partial charge in [-0.3, -0.25) is 5.32 Å². The van der Waals surface area contributed by atoms with Gasteiger partial charge in [-0.1, -0.05) is 54.6 Å². The number of amides is 1. The van der Waals surface area contributed by atoms with Crippen molar-refractivity contribution in [3.05, 3.63) is 91.0 Å². The molecule has 0 spiro atoms. The molecule has 7 rings (SSSR count). The molecular weight excluding hydrogens is 568 g/mol. The average molecular weight is 603 g/mol. The summed E-state index contributed by atoms with van der Waals surface area (Å²) in [4.78, 5) is 13.3. The Kier molecular flexibility index (Phi) is 7.15. The van der Waals surface area contributed by atoms with Crippen molar-refractivity contribution in [2.24, 2.45) is 23.2 Å². The van der Waals surface area contributed by atoms with Gasteiger partial charge < -0.3 is 5.11 Å². The van der Waals surface area contributed by atoms with Crippen LogP contribution in [0.1, 0.15) is 38.5 Å². The molecule has 218 valence electrons. The molecule has 0 aliphatic heterocycles. The maximum Gasteiger partial charge on any atom is 0.434 e. The minimum atomic E-state index is -4.88. The van der Waals surface area contributed by atoms with Crippen LogP contribution in [0.4, 0.5) is 13.6 Å². The topological polar surface area (TPSA) is 97.9 Å². The highest BCUT2D eigenvalue weighted by Crippen LogP contribution is 2.69. The Hall–Kier alpha value is -2.95. The smallest absolute Gasteiger partial charge is 0.434 e. The lowest BCUT2D eigenvalue weighted by atomic mass is 9.48. The van der Waals surface area contributed by atoms with E-state index in [1.54, 1.807) is 72.8 Å². The van der Waals surface area contributed by atoms with Gasteiger partial charge in [-0.15, -0.1) is 7.49 Å². The van der Waals surface area contributed by atoms with Gasteiger partial charge in [-0.25, -0.2) is 9.35 Å². The number of benzene rings is 3. The minimum absolute atomic E-state index is 0.175. The molecule has 4 fully saturated rings. The van der Waals surface area contributed by atoms with Gasteiger partial charge in [0.2, 0.25) is 5.25 Å². The van der Waals surface area contributed by atoms with E-state index in [0.29, 0.717) is 33.9 Å². The predicted octanol–water partition coefficient (Wildman–Crippen LogP) is 7.97. The van der Waals surface area contributed by atoms with Gasteiger partial charge >= 0.3 is 22.3 Å². The molecule has 2 atom stereocenters. The number of rotatable bonds is 8. The second-order valence-electron chi connectivity index (χ2n) is 11.8. The van der Waals surface area contributed by atoms with Gasteiger partial charge in [0.05, 0.1) is 14.7 Å². The number of hydrogen-bond donors (Lipinski definition) is 3. The summed E-state index contributed by atoms with van der Waals surface area (Å²) in [6.45, 7) is 0. The molecule has 0 aromatic heterocycles. The number of carbonyl (C=O) groups is 1. The first kappa shape index (κ1) is 28.2. The van der Waals surface area contributed by atoms with Crippen molar-refractivity contribution < 1.29 is 30.7 Å². The summed E-state index contributed by atoms with van der Waals surface area (Å²) < 4.78 is 65.7. The van der Waals surface area contributed by atoms with Crippen LogP contribution in [0.3, 0.4) is 0 Å². The van der Waals surface area contributed by atoms with Crippen LogP contribution < -0.4 is 5.32 Å². The van der Waals surface area contributed by atoms with E-state index < -0.39 is 43.2 Å². The second kappa shape index (κ2) is 10.4. The first-order chi connectivity index (χ1) is 19.5. The lowest BCUT2D eigenvalue weighted by molar-refractivity contribution is -0.126. The van der Waals surface area contributed by atoms with Crippen LogP contribution in [0.2, 0.25) is 0 Å². The number of carboxylic acid groups (broad SMARTS) is 1. The Morgan fingerprint density at radius 2 is 1.17 bits per heavy atom. The summed E-state index contributed by atoms with van der Waals surface area (Å²) in [5.41, 5.74) is -1.23. The SMILES string of the molecule is O=C(O)NC(F)(F)C(C12CC3CC(CC(C3)C1)C2)S(=O)(O)=[O+]S(c1ccccc1)(c1ccccc1)c1ccccc1. The number of halogens is 2. The van der Waals surface area contributed by atoms with Crippen molar-refractivity contribution >= 4 is 26.5 Å².